The van der Waals surface area contributed by atoms with Crippen molar-refractivity contribution in [3.05, 3.63) is 95.0 Å². The summed E-state index contributed by atoms with van der Waals surface area (Å²) in [6.45, 7) is 3.69. The van der Waals surface area contributed by atoms with Gasteiger partial charge in [-0.1, -0.05) is 29.8 Å². The summed E-state index contributed by atoms with van der Waals surface area (Å²) in [4.78, 5) is 33.7. The van der Waals surface area contributed by atoms with Crippen LogP contribution in [0.3, 0.4) is 0 Å². The van der Waals surface area contributed by atoms with Gasteiger partial charge in [0, 0.05) is 49.6 Å². The van der Waals surface area contributed by atoms with E-state index in [1.54, 1.807) is 30.5 Å². The normalized spacial score (nSPS) is 11.0. The lowest BCUT2D eigenvalue weighted by atomic mass is 10.1. The number of hydrogen-bond donors (Lipinski definition) is 2. The number of halogens is 1. The van der Waals surface area contributed by atoms with Crippen LogP contribution in [0.1, 0.15) is 28.5 Å². The van der Waals surface area contributed by atoms with Gasteiger partial charge < -0.3 is 19.5 Å². The number of fused-ring (bicyclic) bond motifs is 1. The van der Waals surface area contributed by atoms with Crippen molar-refractivity contribution in [3.8, 4) is 22.6 Å². The van der Waals surface area contributed by atoms with Crippen molar-refractivity contribution in [2.24, 2.45) is 0 Å². The Bertz CT molecular complexity index is 1590. The van der Waals surface area contributed by atoms with Crippen LogP contribution >= 0.6 is 11.6 Å². The zero-order valence-electron chi connectivity index (χ0n) is 20.3. The smallest absolute Gasteiger partial charge is 0.255 e. The number of imidazole rings is 1. The van der Waals surface area contributed by atoms with Crippen molar-refractivity contribution in [2.45, 2.75) is 20.3 Å². The molecule has 0 radical (unpaired) electrons. The zero-order chi connectivity index (χ0) is 25.9. The Morgan fingerprint density at radius 1 is 1.08 bits per heavy atom. The van der Waals surface area contributed by atoms with Crippen LogP contribution in [0.2, 0.25) is 5.02 Å². The number of hydrogen-bond acceptors (Lipinski definition) is 5. The molecule has 0 aliphatic carbocycles. The molecule has 0 saturated heterocycles. The van der Waals surface area contributed by atoms with Crippen LogP contribution in [-0.4, -0.2) is 32.7 Å². The van der Waals surface area contributed by atoms with Crippen molar-refractivity contribution in [2.75, 3.05) is 11.9 Å². The number of pyridine rings is 2. The quantitative estimate of drug-likeness (QED) is 0.297. The highest BCUT2D eigenvalue weighted by molar-refractivity contribution is 6.33. The van der Waals surface area contributed by atoms with Crippen molar-refractivity contribution < 1.29 is 14.0 Å². The van der Waals surface area contributed by atoms with E-state index >= 15 is 0 Å². The van der Waals surface area contributed by atoms with Gasteiger partial charge in [0.1, 0.15) is 23.0 Å². The molecule has 0 spiro atoms. The summed E-state index contributed by atoms with van der Waals surface area (Å²) in [6, 6.07) is 16.4. The molecular weight excluding hydrogens is 490 g/mol. The fraction of sp³-hybridized carbons (Fsp3) is 0.143. The molecule has 0 fully saturated rings. The first-order valence-corrected chi connectivity index (χ1v) is 12.1. The highest BCUT2D eigenvalue weighted by Gasteiger charge is 2.23. The molecule has 1 aromatic carbocycles. The van der Waals surface area contributed by atoms with Crippen molar-refractivity contribution >= 4 is 34.9 Å². The Morgan fingerprint density at radius 2 is 1.89 bits per heavy atom. The van der Waals surface area contributed by atoms with Gasteiger partial charge in [-0.25, -0.2) is 9.97 Å². The van der Waals surface area contributed by atoms with Crippen molar-refractivity contribution in [1.82, 2.24) is 19.7 Å². The Labute approximate surface area is 218 Å². The van der Waals surface area contributed by atoms with Crippen LogP contribution in [-0.2, 0) is 11.2 Å². The first-order chi connectivity index (χ1) is 17.9. The fourth-order valence-corrected chi connectivity index (χ4v) is 4.30. The summed E-state index contributed by atoms with van der Waals surface area (Å²) in [5, 5.41) is 6.12. The lowest BCUT2D eigenvalue weighted by Crippen LogP contribution is -2.25. The molecular formula is C28H24ClN5O3. The molecule has 37 heavy (non-hydrogen) atoms. The standard InChI is InChI=1S/C28H24ClN5O3/c1-17-15-31-25(32-18(2)35)14-21(17)24-13-22(27(37-24)20-7-3-4-8-23(20)29)28(36)30-11-10-19-16-34-12-6-5-9-26(34)33-19/h3-9,12-16H,10-11H2,1-2H3,(H,30,36)(H,31,32,35). The molecule has 2 amide bonds. The highest BCUT2D eigenvalue weighted by Crippen LogP contribution is 2.37. The summed E-state index contributed by atoms with van der Waals surface area (Å²) < 4.78 is 8.18. The number of rotatable bonds is 7. The second-order valence-corrected chi connectivity index (χ2v) is 9.01. The number of nitrogens with zero attached hydrogens (tertiary/aromatic N) is 3. The Morgan fingerprint density at radius 3 is 2.68 bits per heavy atom. The van der Waals surface area contributed by atoms with Crippen LogP contribution in [0.15, 0.2) is 77.6 Å². The second-order valence-electron chi connectivity index (χ2n) is 8.60. The third kappa shape index (κ3) is 5.24. The van der Waals surface area contributed by atoms with Gasteiger partial charge in [-0.3, -0.25) is 9.59 Å². The topological polar surface area (TPSA) is 102 Å². The van der Waals surface area contributed by atoms with Gasteiger partial charge in [-0.2, -0.15) is 0 Å². The molecule has 0 atom stereocenters. The maximum Gasteiger partial charge on any atom is 0.255 e. The van der Waals surface area contributed by atoms with Crippen LogP contribution in [0.4, 0.5) is 5.82 Å². The molecule has 0 saturated carbocycles. The Balaban J connectivity index is 1.45. The van der Waals surface area contributed by atoms with E-state index in [2.05, 4.69) is 20.6 Å². The summed E-state index contributed by atoms with van der Waals surface area (Å²) in [7, 11) is 0. The number of carbonyl (C=O) groups excluding carboxylic acids is 2. The number of nitrogens with one attached hydrogen (secondary N) is 2. The van der Waals surface area contributed by atoms with Gasteiger partial charge >= 0.3 is 0 Å². The first kappa shape index (κ1) is 24.3. The molecule has 2 N–H and O–H groups in total. The minimum Gasteiger partial charge on any atom is -0.455 e. The zero-order valence-corrected chi connectivity index (χ0v) is 21.0. The number of aryl methyl sites for hydroxylation is 1. The number of aromatic nitrogens is 3. The van der Waals surface area contributed by atoms with Crippen LogP contribution < -0.4 is 10.6 Å². The van der Waals surface area contributed by atoms with E-state index in [4.69, 9.17) is 16.0 Å². The van der Waals surface area contributed by atoms with Gasteiger partial charge in [-0.05, 0) is 48.9 Å². The first-order valence-electron chi connectivity index (χ1n) is 11.7. The lowest BCUT2D eigenvalue weighted by molar-refractivity contribution is -0.114. The van der Waals surface area contributed by atoms with Crippen LogP contribution in [0, 0.1) is 6.92 Å². The summed E-state index contributed by atoms with van der Waals surface area (Å²) >= 11 is 6.47. The Hall–Kier alpha value is -4.43. The minimum absolute atomic E-state index is 0.232. The monoisotopic (exact) mass is 513 g/mol. The largest absolute Gasteiger partial charge is 0.455 e. The van der Waals surface area contributed by atoms with Crippen LogP contribution in [0.5, 0.6) is 0 Å². The predicted octanol–water partition coefficient (Wildman–Crippen LogP) is 5.55. The van der Waals surface area contributed by atoms with E-state index in [9.17, 15) is 9.59 Å². The fourth-order valence-electron chi connectivity index (χ4n) is 4.08. The van der Waals surface area contributed by atoms with E-state index in [1.807, 2.05) is 54.0 Å². The second kappa shape index (κ2) is 10.3. The molecule has 5 rings (SSSR count). The molecule has 4 aromatic heterocycles. The van der Waals surface area contributed by atoms with Gasteiger partial charge in [0.15, 0.2) is 0 Å². The number of anilines is 1. The van der Waals surface area contributed by atoms with E-state index in [0.29, 0.717) is 52.0 Å². The van der Waals surface area contributed by atoms with Crippen molar-refractivity contribution in [3.63, 3.8) is 0 Å². The van der Waals surface area contributed by atoms with E-state index in [0.717, 1.165) is 16.9 Å². The van der Waals surface area contributed by atoms with Gasteiger partial charge in [-0.15, -0.1) is 0 Å². The average molecular weight is 514 g/mol. The van der Waals surface area contributed by atoms with Gasteiger partial charge in [0.25, 0.3) is 5.91 Å². The third-order valence-electron chi connectivity index (χ3n) is 5.85. The molecule has 186 valence electrons. The maximum atomic E-state index is 13.3. The van der Waals surface area contributed by atoms with Crippen molar-refractivity contribution in [1.29, 1.82) is 0 Å². The Kier molecular flexibility index (Phi) is 6.74. The van der Waals surface area contributed by atoms with Gasteiger partial charge in [0.2, 0.25) is 5.91 Å². The van der Waals surface area contributed by atoms with Crippen LogP contribution in [0.25, 0.3) is 28.3 Å². The average Bonchev–Trinajstić information content (AvgIpc) is 3.49. The van der Waals surface area contributed by atoms with E-state index < -0.39 is 0 Å². The molecule has 0 bridgehead atoms. The maximum absolute atomic E-state index is 13.3. The number of furan rings is 1. The molecule has 8 nitrogen and oxygen atoms in total. The third-order valence-corrected chi connectivity index (χ3v) is 6.18. The molecule has 4 heterocycles. The molecule has 5 aromatic rings. The number of carbonyl (C=O) groups is 2. The van der Waals surface area contributed by atoms with E-state index in [-0.39, 0.29) is 11.8 Å². The predicted molar refractivity (Wildman–Crippen MR) is 143 cm³/mol. The highest BCUT2D eigenvalue weighted by atomic mass is 35.5. The molecule has 0 aliphatic rings. The summed E-state index contributed by atoms with van der Waals surface area (Å²) in [6.07, 6.45) is 6.10. The minimum atomic E-state index is -0.289. The number of amides is 2. The SMILES string of the molecule is CC(=O)Nc1cc(-c2cc(C(=O)NCCc3cn4ccccc4n3)c(-c3ccccc3Cl)o2)c(C)cn1. The molecule has 9 heteroatoms. The molecule has 0 aliphatic heterocycles. The number of benzene rings is 1. The summed E-state index contributed by atoms with van der Waals surface area (Å²) in [5.41, 5.74) is 4.23. The summed E-state index contributed by atoms with van der Waals surface area (Å²) in [5.74, 6) is 0.698. The van der Waals surface area contributed by atoms with Gasteiger partial charge in [0.05, 0.1) is 16.3 Å². The molecule has 0 unspecified atom stereocenters. The lowest BCUT2D eigenvalue weighted by Gasteiger charge is -2.07. The van der Waals surface area contributed by atoms with E-state index in [1.165, 1.54) is 6.92 Å².